The van der Waals surface area contributed by atoms with E-state index in [1.165, 1.54) is 17.5 Å². The molecule has 0 saturated carbocycles. The van der Waals surface area contributed by atoms with Crippen molar-refractivity contribution in [3.63, 3.8) is 0 Å². The maximum atomic E-state index is 13.5. The molecule has 1 heterocycles. The standard InChI is InChI=1S/C44H42N2O6/c1-7-44(5,8-2)31-9-15-32(16-10-31)46-41(49)38-24-22-36(26-39(38)42(46)50)52-34-19-13-30(14-20-34)43(3,4)29-11-17-33(18-12-29)51-35-21-23-37(40(48)45-6)28(25-35)27-47/h9-27H,7-8H2,1-6H3,(H,45,48). The van der Waals surface area contributed by atoms with E-state index in [4.69, 9.17) is 9.47 Å². The molecule has 0 radical (unpaired) electrons. The molecule has 5 aromatic rings. The van der Waals surface area contributed by atoms with Crippen LogP contribution in [0.2, 0.25) is 0 Å². The molecule has 8 nitrogen and oxygen atoms in total. The number of ether oxygens (including phenoxy) is 2. The molecule has 6 rings (SSSR count). The van der Waals surface area contributed by atoms with Gasteiger partial charge >= 0.3 is 0 Å². The second-order valence-corrected chi connectivity index (χ2v) is 13.8. The van der Waals surface area contributed by atoms with E-state index in [1.807, 2.05) is 72.8 Å². The Labute approximate surface area is 304 Å². The van der Waals surface area contributed by atoms with Gasteiger partial charge in [0.25, 0.3) is 17.7 Å². The molecule has 264 valence electrons. The number of hydrogen-bond donors (Lipinski definition) is 1. The van der Waals surface area contributed by atoms with Crippen molar-refractivity contribution >= 4 is 29.7 Å². The quantitative estimate of drug-likeness (QED) is 0.103. The highest BCUT2D eigenvalue weighted by Crippen LogP contribution is 2.37. The molecule has 0 aliphatic carbocycles. The Bertz CT molecular complexity index is 2150. The van der Waals surface area contributed by atoms with E-state index in [1.54, 1.807) is 36.4 Å². The second kappa shape index (κ2) is 14.3. The van der Waals surface area contributed by atoms with Crippen LogP contribution in [0.15, 0.2) is 109 Å². The Morgan fingerprint density at radius 3 is 1.65 bits per heavy atom. The summed E-state index contributed by atoms with van der Waals surface area (Å²) in [6.45, 7) is 10.8. The van der Waals surface area contributed by atoms with Crippen molar-refractivity contribution in [1.82, 2.24) is 5.32 Å². The molecule has 52 heavy (non-hydrogen) atoms. The van der Waals surface area contributed by atoms with Gasteiger partial charge in [0, 0.05) is 18.0 Å². The van der Waals surface area contributed by atoms with Gasteiger partial charge in [0.2, 0.25) is 0 Å². The maximum Gasteiger partial charge on any atom is 0.266 e. The van der Waals surface area contributed by atoms with E-state index in [0.717, 1.165) is 24.0 Å². The van der Waals surface area contributed by atoms with Crippen LogP contribution in [-0.4, -0.2) is 31.1 Å². The number of fused-ring (bicyclic) bond motifs is 1. The lowest BCUT2D eigenvalue weighted by Gasteiger charge is -2.28. The zero-order valence-electron chi connectivity index (χ0n) is 30.3. The summed E-state index contributed by atoms with van der Waals surface area (Å²) in [6, 6.07) is 33.0. The summed E-state index contributed by atoms with van der Waals surface area (Å²) in [6.07, 6.45) is 2.63. The number of hydrogen-bond acceptors (Lipinski definition) is 6. The molecule has 0 bridgehead atoms. The predicted octanol–water partition coefficient (Wildman–Crippen LogP) is 9.65. The van der Waals surface area contributed by atoms with Crippen LogP contribution < -0.4 is 19.7 Å². The molecule has 8 heteroatoms. The molecule has 0 spiro atoms. The molecular formula is C44H42N2O6. The lowest BCUT2D eigenvalue weighted by atomic mass is 9.78. The first-order valence-corrected chi connectivity index (χ1v) is 17.4. The van der Waals surface area contributed by atoms with Crippen molar-refractivity contribution < 1.29 is 28.7 Å². The van der Waals surface area contributed by atoms with Gasteiger partial charge < -0.3 is 14.8 Å². The van der Waals surface area contributed by atoms with Crippen LogP contribution in [0.5, 0.6) is 23.0 Å². The van der Waals surface area contributed by atoms with Gasteiger partial charge in [-0.1, -0.05) is 71.0 Å². The van der Waals surface area contributed by atoms with E-state index in [0.29, 0.717) is 46.1 Å². The normalized spacial score (nSPS) is 12.8. The van der Waals surface area contributed by atoms with Crippen LogP contribution in [0.3, 0.4) is 0 Å². The first kappa shape index (κ1) is 35.8. The molecule has 0 aromatic heterocycles. The van der Waals surface area contributed by atoms with Gasteiger partial charge in [-0.15, -0.1) is 0 Å². The first-order valence-electron chi connectivity index (χ1n) is 17.4. The van der Waals surface area contributed by atoms with E-state index >= 15 is 0 Å². The first-order chi connectivity index (χ1) is 24.9. The number of rotatable bonds is 12. The van der Waals surface area contributed by atoms with Crippen LogP contribution in [-0.2, 0) is 10.8 Å². The maximum absolute atomic E-state index is 13.5. The summed E-state index contributed by atoms with van der Waals surface area (Å²) < 4.78 is 12.1. The molecule has 1 aliphatic rings. The van der Waals surface area contributed by atoms with Crippen LogP contribution >= 0.6 is 0 Å². The minimum atomic E-state index is -0.370. The Hall–Kier alpha value is -6.02. The fourth-order valence-corrected chi connectivity index (χ4v) is 6.55. The molecular weight excluding hydrogens is 652 g/mol. The highest BCUT2D eigenvalue weighted by atomic mass is 16.5. The van der Waals surface area contributed by atoms with E-state index < -0.39 is 0 Å². The Balaban J connectivity index is 1.13. The summed E-state index contributed by atoms with van der Waals surface area (Å²) in [5.74, 6) is 1.05. The predicted molar refractivity (Wildman–Crippen MR) is 202 cm³/mol. The number of nitrogens with zero attached hydrogens (tertiary/aromatic N) is 1. The molecule has 3 amide bonds. The number of carbonyl (C=O) groups is 4. The summed E-state index contributed by atoms with van der Waals surface area (Å²) in [4.78, 5) is 51.6. The van der Waals surface area contributed by atoms with Crippen molar-refractivity contribution in [2.24, 2.45) is 0 Å². The van der Waals surface area contributed by atoms with Crippen LogP contribution in [0.1, 0.15) is 106 Å². The van der Waals surface area contributed by atoms with E-state index in [9.17, 15) is 19.2 Å². The molecule has 0 unspecified atom stereocenters. The average molecular weight is 695 g/mol. The third kappa shape index (κ3) is 6.72. The van der Waals surface area contributed by atoms with Crippen molar-refractivity contribution in [3.8, 4) is 23.0 Å². The Kier molecular flexibility index (Phi) is 9.85. The van der Waals surface area contributed by atoms with Gasteiger partial charge in [-0.05, 0) is 108 Å². The number of imide groups is 1. The van der Waals surface area contributed by atoms with Gasteiger partial charge in [-0.3, -0.25) is 19.2 Å². The van der Waals surface area contributed by atoms with Gasteiger partial charge in [-0.25, -0.2) is 4.90 Å². The zero-order chi connectivity index (χ0) is 37.2. The van der Waals surface area contributed by atoms with Crippen molar-refractivity contribution in [2.75, 3.05) is 11.9 Å². The van der Waals surface area contributed by atoms with Crippen molar-refractivity contribution in [3.05, 3.63) is 148 Å². The van der Waals surface area contributed by atoms with Gasteiger partial charge in [0.15, 0.2) is 6.29 Å². The third-order valence-corrected chi connectivity index (χ3v) is 10.5. The lowest BCUT2D eigenvalue weighted by Crippen LogP contribution is -2.29. The van der Waals surface area contributed by atoms with E-state index in [2.05, 4.69) is 39.9 Å². The Morgan fingerprint density at radius 1 is 0.654 bits per heavy atom. The van der Waals surface area contributed by atoms with Crippen LogP contribution in [0.25, 0.3) is 0 Å². The Morgan fingerprint density at radius 2 is 1.13 bits per heavy atom. The minimum Gasteiger partial charge on any atom is -0.457 e. The van der Waals surface area contributed by atoms with Crippen LogP contribution in [0, 0.1) is 0 Å². The summed E-state index contributed by atoms with van der Waals surface area (Å²) >= 11 is 0. The second-order valence-electron chi connectivity index (χ2n) is 13.8. The summed E-state index contributed by atoms with van der Waals surface area (Å²) in [5.41, 5.74) is 4.74. The fourth-order valence-electron chi connectivity index (χ4n) is 6.55. The SMILES string of the molecule is CCC(C)(CC)c1ccc(N2C(=O)c3ccc(Oc4ccc(C(C)(C)c5ccc(Oc6ccc(C(=O)NC)c(C=O)c6)cc5)cc4)cc3C2=O)cc1. The number of amides is 3. The number of aldehydes is 1. The third-order valence-electron chi connectivity index (χ3n) is 10.5. The van der Waals surface area contributed by atoms with Gasteiger partial charge in [0.05, 0.1) is 22.4 Å². The van der Waals surface area contributed by atoms with Gasteiger partial charge in [0.1, 0.15) is 23.0 Å². The lowest BCUT2D eigenvalue weighted by molar-refractivity contribution is 0.0923. The van der Waals surface area contributed by atoms with E-state index in [-0.39, 0.29) is 39.7 Å². The highest BCUT2D eigenvalue weighted by molar-refractivity contribution is 6.34. The molecule has 1 aliphatic heterocycles. The molecule has 5 aromatic carbocycles. The number of anilines is 1. The molecule has 1 N–H and O–H groups in total. The average Bonchev–Trinajstić information content (AvgIpc) is 3.42. The summed E-state index contributed by atoms with van der Waals surface area (Å²) in [7, 11) is 1.51. The number of benzene rings is 5. The summed E-state index contributed by atoms with van der Waals surface area (Å²) in [5, 5.41) is 2.53. The fraction of sp³-hybridized carbons (Fsp3) is 0.227. The zero-order valence-corrected chi connectivity index (χ0v) is 30.3. The topological polar surface area (TPSA) is 102 Å². The molecule has 0 fully saturated rings. The van der Waals surface area contributed by atoms with Gasteiger partial charge in [-0.2, -0.15) is 0 Å². The minimum absolute atomic E-state index is 0.0402. The van der Waals surface area contributed by atoms with Crippen molar-refractivity contribution in [1.29, 1.82) is 0 Å². The highest BCUT2D eigenvalue weighted by Gasteiger charge is 2.37. The molecule has 0 saturated heterocycles. The molecule has 0 atom stereocenters. The van der Waals surface area contributed by atoms with Crippen molar-refractivity contribution in [2.45, 2.75) is 58.3 Å². The van der Waals surface area contributed by atoms with Crippen LogP contribution in [0.4, 0.5) is 5.69 Å². The largest absolute Gasteiger partial charge is 0.457 e. The number of nitrogens with one attached hydrogen (secondary N) is 1. The monoisotopic (exact) mass is 694 g/mol. The smallest absolute Gasteiger partial charge is 0.266 e. The number of carbonyl (C=O) groups excluding carboxylic acids is 4.